The summed E-state index contributed by atoms with van der Waals surface area (Å²) >= 11 is 1.50. The van der Waals surface area contributed by atoms with Crippen LogP contribution in [0.4, 0.5) is 0 Å². The standard InChI is InChI=1S/C26H37N9O5S/c1-14(2)6-15-7-17-20(8-19(15)37-3)39-9-18-21(33-34(22(17)18)16-4-5-41-10-16)23(36)35(25(27,28)29)24(11-38-12-24)13-40-26(30,31)32/h4-5,7-8,10,14H,6,9,11-13,27-32H2,1-3H3. The fourth-order valence-electron chi connectivity index (χ4n) is 5.23. The molecule has 1 fully saturated rings. The highest BCUT2D eigenvalue weighted by Gasteiger charge is 2.54. The van der Waals surface area contributed by atoms with E-state index in [4.69, 9.17) is 58.4 Å². The second kappa shape index (κ2) is 10.6. The van der Waals surface area contributed by atoms with E-state index in [1.165, 1.54) is 11.3 Å². The summed E-state index contributed by atoms with van der Waals surface area (Å²) in [6.45, 7) is 4.10. The van der Waals surface area contributed by atoms with Crippen LogP contribution in [0.3, 0.4) is 0 Å². The zero-order valence-electron chi connectivity index (χ0n) is 23.3. The van der Waals surface area contributed by atoms with Crippen LogP contribution in [-0.2, 0) is 22.5 Å². The number of amides is 1. The Kier molecular flexibility index (Phi) is 7.60. The summed E-state index contributed by atoms with van der Waals surface area (Å²) in [6, 6.07) is 5.81. The summed E-state index contributed by atoms with van der Waals surface area (Å²) in [4.78, 5) is 15.5. The van der Waals surface area contributed by atoms with Crippen LogP contribution in [0.2, 0.25) is 0 Å². The van der Waals surface area contributed by atoms with Crippen molar-refractivity contribution in [1.29, 1.82) is 0 Å². The Labute approximate surface area is 241 Å². The van der Waals surface area contributed by atoms with Gasteiger partial charge in [-0.3, -0.25) is 44.1 Å². The molecule has 0 atom stereocenters. The van der Waals surface area contributed by atoms with Gasteiger partial charge >= 0.3 is 0 Å². The molecule has 222 valence electrons. The molecule has 5 rings (SSSR count). The van der Waals surface area contributed by atoms with E-state index >= 15 is 0 Å². The van der Waals surface area contributed by atoms with Crippen LogP contribution in [-0.4, -0.2) is 64.9 Å². The van der Waals surface area contributed by atoms with Gasteiger partial charge in [-0.2, -0.15) is 16.4 Å². The number of rotatable bonds is 10. The van der Waals surface area contributed by atoms with Crippen LogP contribution in [0, 0.1) is 5.92 Å². The van der Waals surface area contributed by atoms with Crippen molar-refractivity contribution in [3.05, 3.63) is 45.8 Å². The van der Waals surface area contributed by atoms with Gasteiger partial charge in [-0.05, 0) is 35.4 Å². The van der Waals surface area contributed by atoms with Crippen molar-refractivity contribution in [2.45, 2.75) is 44.3 Å². The molecule has 12 N–H and O–H groups in total. The Morgan fingerprint density at radius 3 is 2.49 bits per heavy atom. The van der Waals surface area contributed by atoms with Gasteiger partial charge in [0, 0.05) is 22.6 Å². The Hall–Kier alpha value is -3.12. The lowest BCUT2D eigenvalue weighted by Gasteiger charge is -2.53. The van der Waals surface area contributed by atoms with Gasteiger partial charge in [0.05, 0.1) is 38.3 Å². The number of nitrogens with zero attached hydrogens (tertiary/aromatic N) is 3. The first-order valence-electron chi connectivity index (χ1n) is 13.0. The van der Waals surface area contributed by atoms with Crippen LogP contribution in [0.25, 0.3) is 16.9 Å². The van der Waals surface area contributed by atoms with Crippen molar-refractivity contribution in [2.24, 2.45) is 40.3 Å². The maximum absolute atomic E-state index is 14.4. The van der Waals surface area contributed by atoms with Crippen LogP contribution in [0.15, 0.2) is 29.0 Å². The lowest BCUT2D eigenvalue weighted by molar-refractivity contribution is -0.199. The predicted octanol–water partition coefficient (Wildman–Crippen LogP) is -0.0971. The molecule has 0 bridgehead atoms. The lowest BCUT2D eigenvalue weighted by atomic mass is 9.93. The third-order valence-electron chi connectivity index (χ3n) is 6.97. The summed E-state index contributed by atoms with van der Waals surface area (Å²) in [5.41, 5.74) is 38.1. The maximum atomic E-state index is 14.4. The second-order valence-corrected chi connectivity index (χ2v) is 11.8. The minimum atomic E-state index is -2.13. The average molecular weight is 588 g/mol. The molecule has 15 heteroatoms. The fourth-order valence-corrected chi connectivity index (χ4v) is 5.85. The van der Waals surface area contributed by atoms with E-state index < -0.39 is 23.3 Å². The van der Waals surface area contributed by atoms with Crippen LogP contribution in [0.5, 0.6) is 11.5 Å². The Balaban J connectivity index is 1.66. The van der Waals surface area contributed by atoms with Crippen molar-refractivity contribution < 1.29 is 23.7 Å². The summed E-state index contributed by atoms with van der Waals surface area (Å²) < 4.78 is 24.4. The van der Waals surface area contributed by atoms with Crippen LogP contribution in [0.1, 0.15) is 35.5 Å². The minimum absolute atomic E-state index is 0.00723. The monoisotopic (exact) mass is 587 g/mol. The van der Waals surface area contributed by atoms with E-state index in [1.54, 1.807) is 11.8 Å². The molecule has 0 unspecified atom stereocenters. The molecule has 0 radical (unpaired) electrons. The largest absolute Gasteiger partial charge is 0.496 e. The first-order chi connectivity index (χ1) is 19.2. The molecule has 0 spiro atoms. The van der Waals surface area contributed by atoms with E-state index in [1.807, 2.05) is 29.0 Å². The molecule has 1 amide bonds. The van der Waals surface area contributed by atoms with Gasteiger partial charge in [-0.25, -0.2) is 4.68 Å². The SMILES string of the molecule is COc1cc2c(cc1CC(C)C)-c1c(c(C(=O)N(C(N)(N)N)C3(COC(N)(N)N)COC3)nn1-c1ccsc1)CO2. The molecule has 0 saturated carbocycles. The van der Waals surface area contributed by atoms with Gasteiger partial charge in [0.25, 0.3) is 5.91 Å². The maximum Gasteiger partial charge on any atom is 0.279 e. The molecule has 1 saturated heterocycles. The number of carbonyl (C=O) groups excluding carboxylic acids is 1. The Morgan fingerprint density at radius 2 is 1.95 bits per heavy atom. The van der Waals surface area contributed by atoms with E-state index in [2.05, 4.69) is 13.8 Å². The van der Waals surface area contributed by atoms with Gasteiger partial charge in [0.2, 0.25) is 11.9 Å². The smallest absolute Gasteiger partial charge is 0.279 e. The van der Waals surface area contributed by atoms with Crippen molar-refractivity contribution in [2.75, 3.05) is 26.9 Å². The first-order valence-corrected chi connectivity index (χ1v) is 14.0. The molecule has 2 aromatic heterocycles. The molecule has 1 aromatic carbocycles. The van der Waals surface area contributed by atoms with Gasteiger partial charge < -0.3 is 18.9 Å². The number of benzene rings is 1. The highest BCUT2D eigenvalue weighted by molar-refractivity contribution is 7.08. The van der Waals surface area contributed by atoms with Gasteiger partial charge in [0.1, 0.15) is 23.6 Å². The van der Waals surface area contributed by atoms with Crippen molar-refractivity contribution in [1.82, 2.24) is 14.7 Å². The minimum Gasteiger partial charge on any atom is -0.496 e. The van der Waals surface area contributed by atoms with Gasteiger partial charge in [0.15, 0.2) is 5.69 Å². The summed E-state index contributed by atoms with van der Waals surface area (Å²) in [6.07, 6.45) is 0.779. The fraction of sp³-hybridized carbons (Fsp3) is 0.462. The molecule has 14 nitrogen and oxygen atoms in total. The molecule has 2 aliphatic rings. The molecular weight excluding hydrogens is 550 g/mol. The van der Waals surface area contributed by atoms with E-state index in [0.29, 0.717) is 22.9 Å². The third kappa shape index (κ3) is 5.55. The van der Waals surface area contributed by atoms with Crippen LogP contribution < -0.4 is 43.9 Å². The Morgan fingerprint density at radius 1 is 1.22 bits per heavy atom. The molecule has 0 aliphatic carbocycles. The number of methoxy groups -OCH3 is 1. The summed E-state index contributed by atoms with van der Waals surface area (Å²) in [5.74, 6) is -3.02. The van der Waals surface area contributed by atoms with Crippen molar-refractivity contribution in [3.8, 4) is 28.4 Å². The number of carbonyl (C=O) groups is 1. The van der Waals surface area contributed by atoms with Gasteiger partial charge in [-0.15, -0.1) is 0 Å². The predicted molar refractivity (Wildman–Crippen MR) is 153 cm³/mol. The number of hydrogen-bond donors (Lipinski definition) is 6. The van der Waals surface area contributed by atoms with Gasteiger partial charge in [-0.1, -0.05) is 13.8 Å². The quantitative estimate of drug-likeness (QED) is 0.171. The average Bonchev–Trinajstić information content (AvgIpc) is 3.51. The normalized spacial score (nSPS) is 16.0. The number of fused-ring (bicyclic) bond motifs is 3. The second-order valence-electron chi connectivity index (χ2n) is 11.0. The van der Waals surface area contributed by atoms with Crippen LogP contribution >= 0.6 is 11.3 Å². The topological polar surface area (TPSA) is 231 Å². The van der Waals surface area contributed by atoms with E-state index in [9.17, 15) is 4.79 Å². The Bertz CT molecular complexity index is 1420. The molecular formula is C26H37N9O5S. The summed E-state index contributed by atoms with van der Waals surface area (Å²) in [7, 11) is 1.63. The number of hydrogen-bond acceptors (Lipinski definition) is 13. The highest BCUT2D eigenvalue weighted by atomic mass is 32.1. The first kappa shape index (κ1) is 29.4. The van der Waals surface area contributed by atoms with E-state index in [-0.39, 0.29) is 32.1 Å². The van der Waals surface area contributed by atoms with Crippen molar-refractivity contribution in [3.63, 3.8) is 0 Å². The zero-order valence-corrected chi connectivity index (χ0v) is 24.1. The van der Waals surface area contributed by atoms with Crippen molar-refractivity contribution >= 4 is 17.2 Å². The molecule has 3 aromatic rings. The molecule has 4 heterocycles. The lowest BCUT2D eigenvalue weighted by Crippen LogP contribution is -2.82. The zero-order chi connectivity index (χ0) is 29.7. The van der Waals surface area contributed by atoms with E-state index in [0.717, 1.165) is 33.9 Å². The number of nitrogens with two attached hydrogens (primary N) is 6. The summed E-state index contributed by atoms with van der Waals surface area (Å²) in [5, 5.41) is 8.64. The molecule has 2 aliphatic heterocycles. The number of ether oxygens (including phenoxy) is 4. The number of thiophene rings is 1. The molecule has 41 heavy (non-hydrogen) atoms. The highest BCUT2D eigenvalue weighted by Crippen LogP contribution is 2.44. The third-order valence-corrected chi connectivity index (χ3v) is 7.64. The number of aromatic nitrogens is 2.